The minimum Gasteiger partial charge on any atom is -0.363 e. The maximum Gasteiger partial charge on any atom is 0.273 e. The Kier molecular flexibility index (Phi) is 6.55. The fourth-order valence-corrected chi connectivity index (χ4v) is 4.48. The largest absolute Gasteiger partial charge is 0.363 e. The molecule has 8 nitrogen and oxygen atoms in total. The summed E-state index contributed by atoms with van der Waals surface area (Å²) < 4.78 is 1.19. The minimum absolute atomic E-state index is 0.0246. The lowest BCUT2D eigenvalue weighted by Crippen LogP contribution is -2.48. The molecule has 3 heterocycles. The third-order valence-corrected chi connectivity index (χ3v) is 6.86. The van der Waals surface area contributed by atoms with E-state index >= 15 is 0 Å². The van der Waals surface area contributed by atoms with Gasteiger partial charge in [-0.3, -0.25) is 9.59 Å². The smallest absolute Gasteiger partial charge is 0.273 e. The Labute approximate surface area is 202 Å². The summed E-state index contributed by atoms with van der Waals surface area (Å²) in [5.41, 5.74) is 2.49. The number of nitrogens with one attached hydrogen (secondary N) is 1. The van der Waals surface area contributed by atoms with E-state index in [1.54, 1.807) is 6.92 Å². The number of hydrogen-bond donors (Lipinski definition) is 1. The van der Waals surface area contributed by atoms with Gasteiger partial charge in [-0.2, -0.15) is 4.98 Å². The molecular formula is C23H29IN6O2. The fraction of sp³-hybridized carbons (Fsp3) is 0.478. The summed E-state index contributed by atoms with van der Waals surface area (Å²) >= 11 is 2.30. The van der Waals surface area contributed by atoms with Crippen LogP contribution in [0.25, 0.3) is 0 Å². The molecule has 4 rings (SSSR count). The minimum atomic E-state index is -0.0500. The second-order valence-electron chi connectivity index (χ2n) is 8.64. The number of fused-ring (bicyclic) bond motifs is 1. The Morgan fingerprint density at radius 2 is 1.72 bits per heavy atom. The molecule has 2 aromatic rings. The summed E-state index contributed by atoms with van der Waals surface area (Å²) in [7, 11) is 0. The van der Waals surface area contributed by atoms with Crippen molar-refractivity contribution in [2.45, 2.75) is 46.3 Å². The molecule has 1 aromatic carbocycles. The number of nitrogens with zero attached hydrogens (tertiary/aromatic N) is 5. The van der Waals surface area contributed by atoms with Crippen LogP contribution in [0.5, 0.6) is 0 Å². The lowest BCUT2D eigenvalue weighted by Gasteiger charge is -2.34. The normalized spacial score (nSPS) is 17.1. The van der Waals surface area contributed by atoms with Crippen molar-refractivity contribution in [2.24, 2.45) is 0 Å². The maximum absolute atomic E-state index is 13.1. The standard InChI is InChI=1S/C23H29IN6O2/c1-14(2)30-13-19-20(22(30)32)26-23(29-11-9-28(10-12-29)16(4)31)27-21(19)25-15(3)17-5-7-18(24)8-6-17/h5-8,14-15H,9-13H2,1-4H3,(H,25,26,27)/t15-/m1/s1. The molecule has 0 unspecified atom stereocenters. The number of rotatable bonds is 5. The van der Waals surface area contributed by atoms with Gasteiger partial charge in [0.1, 0.15) is 11.5 Å². The summed E-state index contributed by atoms with van der Waals surface area (Å²) in [6, 6.07) is 8.49. The van der Waals surface area contributed by atoms with Gasteiger partial charge in [0.2, 0.25) is 11.9 Å². The second kappa shape index (κ2) is 9.21. The van der Waals surface area contributed by atoms with Crippen LogP contribution in [0.4, 0.5) is 11.8 Å². The van der Waals surface area contributed by atoms with Gasteiger partial charge in [-0.1, -0.05) is 12.1 Å². The molecule has 2 aliphatic heterocycles. The Morgan fingerprint density at radius 3 is 2.31 bits per heavy atom. The highest BCUT2D eigenvalue weighted by atomic mass is 127. The van der Waals surface area contributed by atoms with Crippen LogP contribution in [0.1, 0.15) is 55.4 Å². The number of carbonyl (C=O) groups excluding carboxylic acids is 2. The SMILES string of the molecule is CC(=O)N1CCN(c2nc(N[C@H](C)c3ccc(I)cc3)c3c(n2)C(=O)N(C(C)C)C3)CC1. The Balaban J connectivity index is 1.66. The van der Waals surface area contributed by atoms with E-state index in [1.165, 1.54) is 3.57 Å². The Morgan fingerprint density at radius 1 is 1.06 bits per heavy atom. The molecule has 2 aliphatic rings. The van der Waals surface area contributed by atoms with Crippen LogP contribution in [0, 0.1) is 3.57 Å². The second-order valence-corrected chi connectivity index (χ2v) is 9.88. The summed E-state index contributed by atoms with van der Waals surface area (Å²) in [4.78, 5) is 40.1. The molecular weight excluding hydrogens is 519 g/mol. The lowest BCUT2D eigenvalue weighted by atomic mass is 10.1. The zero-order valence-corrected chi connectivity index (χ0v) is 21.1. The lowest BCUT2D eigenvalue weighted by molar-refractivity contribution is -0.129. The molecule has 1 atom stereocenters. The van der Waals surface area contributed by atoms with E-state index in [9.17, 15) is 9.59 Å². The van der Waals surface area contributed by atoms with Gasteiger partial charge >= 0.3 is 0 Å². The number of anilines is 2. The molecule has 0 spiro atoms. The van der Waals surface area contributed by atoms with Crippen LogP contribution in [-0.2, 0) is 11.3 Å². The average Bonchev–Trinajstić information content (AvgIpc) is 3.11. The van der Waals surface area contributed by atoms with Crippen molar-refractivity contribution < 1.29 is 9.59 Å². The monoisotopic (exact) mass is 548 g/mol. The van der Waals surface area contributed by atoms with E-state index in [0.29, 0.717) is 50.2 Å². The summed E-state index contributed by atoms with van der Waals surface area (Å²) in [6.45, 7) is 10.8. The van der Waals surface area contributed by atoms with Crippen molar-refractivity contribution in [1.82, 2.24) is 19.8 Å². The molecule has 0 bridgehead atoms. The van der Waals surface area contributed by atoms with Crippen LogP contribution in [0.15, 0.2) is 24.3 Å². The number of hydrogen-bond acceptors (Lipinski definition) is 6. The van der Waals surface area contributed by atoms with Crippen LogP contribution in [0.3, 0.4) is 0 Å². The first-order valence-corrected chi connectivity index (χ1v) is 12.1. The number of benzene rings is 1. The highest BCUT2D eigenvalue weighted by Crippen LogP contribution is 2.32. The van der Waals surface area contributed by atoms with Gasteiger partial charge in [-0.05, 0) is 61.1 Å². The number of aromatic nitrogens is 2. The van der Waals surface area contributed by atoms with Crippen molar-refractivity contribution >= 4 is 46.2 Å². The molecule has 170 valence electrons. The summed E-state index contributed by atoms with van der Waals surface area (Å²) in [5.74, 6) is 1.28. The molecule has 2 amide bonds. The van der Waals surface area contributed by atoms with Gasteiger partial charge in [0.25, 0.3) is 5.91 Å². The van der Waals surface area contributed by atoms with Gasteiger partial charge in [0.05, 0.1) is 6.54 Å². The Bertz CT molecular complexity index is 1020. The summed E-state index contributed by atoms with van der Waals surface area (Å²) in [5, 5.41) is 3.54. The third kappa shape index (κ3) is 4.53. The van der Waals surface area contributed by atoms with Gasteiger partial charge < -0.3 is 20.0 Å². The van der Waals surface area contributed by atoms with Crippen LogP contribution in [0.2, 0.25) is 0 Å². The highest BCUT2D eigenvalue weighted by Gasteiger charge is 2.35. The predicted octanol–water partition coefficient (Wildman–Crippen LogP) is 3.29. The average molecular weight is 548 g/mol. The van der Waals surface area contributed by atoms with E-state index in [1.807, 2.05) is 23.6 Å². The van der Waals surface area contributed by atoms with E-state index in [-0.39, 0.29) is 23.9 Å². The molecule has 32 heavy (non-hydrogen) atoms. The third-order valence-electron chi connectivity index (χ3n) is 6.14. The first kappa shape index (κ1) is 22.8. The molecule has 0 radical (unpaired) electrons. The van der Waals surface area contributed by atoms with Gasteiger partial charge in [-0.25, -0.2) is 4.98 Å². The Hall–Kier alpha value is -2.43. The quantitative estimate of drug-likeness (QED) is 0.578. The first-order chi connectivity index (χ1) is 15.2. The molecule has 1 fully saturated rings. The zero-order chi connectivity index (χ0) is 23.0. The fourth-order valence-electron chi connectivity index (χ4n) is 4.12. The van der Waals surface area contributed by atoms with Crippen molar-refractivity contribution in [2.75, 3.05) is 36.4 Å². The van der Waals surface area contributed by atoms with Crippen molar-refractivity contribution in [1.29, 1.82) is 0 Å². The molecule has 9 heteroatoms. The van der Waals surface area contributed by atoms with Crippen molar-refractivity contribution in [3.05, 3.63) is 44.7 Å². The number of amides is 2. The van der Waals surface area contributed by atoms with Crippen LogP contribution in [-0.4, -0.2) is 63.8 Å². The zero-order valence-electron chi connectivity index (χ0n) is 18.9. The maximum atomic E-state index is 13.1. The van der Waals surface area contributed by atoms with Crippen molar-refractivity contribution in [3.63, 3.8) is 0 Å². The van der Waals surface area contributed by atoms with Crippen molar-refractivity contribution in [3.8, 4) is 0 Å². The number of halogens is 1. The van der Waals surface area contributed by atoms with Gasteiger partial charge in [0.15, 0.2) is 0 Å². The van der Waals surface area contributed by atoms with Crippen LogP contribution < -0.4 is 10.2 Å². The van der Waals surface area contributed by atoms with Gasteiger partial charge in [-0.15, -0.1) is 0 Å². The molecule has 0 aliphatic carbocycles. The van der Waals surface area contributed by atoms with Crippen LogP contribution >= 0.6 is 22.6 Å². The van der Waals surface area contributed by atoms with Gasteiger partial charge in [0, 0.05) is 54.3 Å². The van der Waals surface area contributed by atoms with E-state index in [4.69, 9.17) is 9.97 Å². The van der Waals surface area contributed by atoms with E-state index in [0.717, 1.165) is 11.1 Å². The van der Waals surface area contributed by atoms with E-state index in [2.05, 4.69) is 64.0 Å². The summed E-state index contributed by atoms with van der Waals surface area (Å²) in [6.07, 6.45) is 0. The topological polar surface area (TPSA) is 81.7 Å². The number of piperazine rings is 1. The molecule has 1 aromatic heterocycles. The number of carbonyl (C=O) groups is 2. The molecule has 1 N–H and O–H groups in total. The molecule has 0 saturated carbocycles. The highest BCUT2D eigenvalue weighted by molar-refractivity contribution is 14.1. The van der Waals surface area contributed by atoms with E-state index < -0.39 is 0 Å². The molecule has 1 saturated heterocycles. The predicted molar refractivity (Wildman–Crippen MR) is 133 cm³/mol. The first-order valence-electron chi connectivity index (χ1n) is 11.0.